The molecule has 5 nitrogen and oxygen atoms in total. The normalized spacial score (nSPS) is 10.3. The van der Waals surface area contributed by atoms with E-state index in [4.69, 9.17) is 23.2 Å². The Morgan fingerprint density at radius 2 is 1.90 bits per heavy atom. The van der Waals surface area contributed by atoms with E-state index in [-0.39, 0.29) is 27.4 Å². The van der Waals surface area contributed by atoms with Crippen molar-refractivity contribution in [2.24, 2.45) is 0 Å². The van der Waals surface area contributed by atoms with Gasteiger partial charge in [-0.15, -0.1) is 0 Å². The second-order valence-corrected chi connectivity index (χ2v) is 4.60. The van der Waals surface area contributed by atoms with E-state index in [1.165, 1.54) is 13.2 Å². The zero-order chi connectivity index (χ0) is 15.6. The Kier molecular flexibility index (Phi) is 4.54. The molecule has 0 bridgehead atoms. The molecule has 0 saturated heterocycles. The third kappa shape index (κ3) is 3.37. The van der Waals surface area contributed by atoms with Crippen LogP contribution in [0.5, 0.6) is 0 Å². The van der Waals surface area contributed by atoms with Crippen LogP contribution in [0.3, 0.4) is 0 Å². The number of rotatable bonds is 3. The van der Waals surface area contributed by atoms with Gasteiger partial charge in [0.05, 0.1) is 17.4 Å². The number of benzene rings is 1. The SMILES string of the molecule is CNC(=O)c1cc(F)c(F)cc1Nc1nc(Cl)ncc1Cl. The molecule has 0 saturated carbocycles. The summed E-state index contributed by atoms with van der Waals surface area (Å²) in [5.74, 6) is -2.81. The summed E-state index contributed by atoms with van der Waals surface area (Å²) in [4.78, 5) is 19.2. The van der Waals surface area contributed by atoms with Crippen LogP contribution in [0.15, 0.2) is 18.3 Å². The molecule has 0 atom stereocenters. The molecule has 2 N–H and O–H groups in total. The highest BCUT2D eigenvalue weighted by molar-refractivity contribution is 6.33. The fraction of sp³-hybridized carbons (Fsp3) is 0.0833. The van der Waals surface area contributed by atoms with E-state index in [1.54, 1.807) is 0 Å². The van der Waals surface area contributed by atoms with Gasteiger partial charge in [-0.2, -0.15) is 4.98 Å². The molecule has 0 aliphatic heterocycles. The van der Waals surface area contributed by atoms with E-state index in [0.29, 0.717) is 0 Å². The van der Waals surface area contributed by atoms with Gasteiger partial charge >= 0.3 is 0 Å². The number of hydrogen-bond donors (Lipinski definition) is 2. The molecule has 21 heavy (non-hydrogen) atoms. The van der Waals surface area contributed by atoms with Crippen LogP contribution in [0, 0.1) is 11.6 Å². The molecule has 0 aliphatic carbocycles. The van der Waals surface area contributed by atoms with Gasteiger partial charge < -0.3 is 10.6 Å². The quantitative estimate of drug-likeness (QED) is 0.847. The minimum Gasteiger partial charge on any atom is -0.355 e. The van der Waals surface area contributed by atoms with Gasteiger partial charge in [0.2, 0.25) is 5.28 Å². The summed E-state index contributed by atoms with van der Waals surface area (Å²) in [7, 11) is 1.36. The molecule has 2 aromatic rings. The monoisotopic (exact) mass is 332 g/mol. The van der Waals surface area contributed by atoms with Crippen molar-refractivity contribution in [1.29, 1.82) is 0 Å². The molecule has 1 aromatic carbocycles. The first-order chi connectivity index (χ1) is 9.92. The smallest absolute Gasteiger partial charge is 0.253 e. The molecule has 0 radical (unpaired) electrons. The van der Waals surface area contributed by atoms with Crippen molar-refractivity contribution < 1.29 is 13.6 Å². The zero-order valence-corrected chi connectivity index (χ0v) is 12.1. The van der Waals surface area contributed by atoms with Gasteiger partial charge in [0.25, 0.3) is 5.91 Å². The highest BCUT2D eigenvalue weighted by atomic mass is 35.5. The van der Waals surface area contributed by atoms with Crippen LogP contribution >= 0.6 is 23.2 Å². The Morgan fingerprint density at radius 3 is 2.57 bits per heavy atom. The van der Waals surface area contributed by atoms with Crippen LogP contribution < -0.4 is 10.6 Å². The third-order valence-electron chi connectivity index (χ3n) is 2.50. The molecule has 1 amide bonds. The number of carbonyl (C=O) groups is 1. The van der Waals surface area contributed by atoms with Crippen molar-refractivity contribution in [2.45, 2.75) is 0 Å². The average molecular weight is 333 g/mol. The zero-order valence-electron chi connectivity index (χ0n) is 10.5. The molecule has 2 rings (SSSR count). The van der Waals surface area contributed by atoms with E-state index in [9.17, 15) is 13.6 Å². The van der Waals surface area contributed by atoms with Crippen LogP contribution in [0.25, 0.3) is 0 Å². The van der Waals surface area contributed by atoms with Crippen LogP contribution in [0.2, 0.25) is 10.3 Å². The Balaban J connectivity index is 2.50. The molecule has 0 unspecified atom stereocenters. The number of amides is 1. The Morgan fingerprint density at radius 1 is 1.24 bits per heavy atom. The summed E-state index contributed by atoms with van der Waals surface area (Å²) in [6.07, 6.45) is 1.23. The highest BCUT2D eigenvalue weighted by Crippen LogP contribution is 2.27. The maximum atomic E-state index is 13.4. The number of aromatic nitrogens is 2. The van der Waals surface area contributed by atoms with Gasteiger partial charge in [-0.25, -0.2) is 13.8 Å². The average Bonchev–Trinajstić information content (AvgIpc) is 2.45. The van der Waals surface area contributed by atoms with Crippen LogP contribution in [-0.2, 0) is 0 Å². The summed E-state index contributed by atoms with van der Waals surface area (Å²) in [6, 6.07) is 1.60. The summed E-state index contributed by atoms with van der Waals surface area (Å²) >= 11 is 11.5. The lowest BCUT2D eigenvalue weighted by atomic mass is 10.1. The fourth-order valence-electron chi connectivity index (χ4n) is 1.53. The number of hydrogen-bond acceptors (Lipinski definition) is 4. The number of nitrogens with zero attached hydrogens (tertiary/aromatic N) is 2. The van der Waals surface area contributed by atoms with Crippen molar-refractivity contribution in [3.05, 3.63) is 45.8 Å². The van der Waals surface area contributed by atoms with E-state index < -0.39 is 17.5 Å². The lowest BCUT2D eigenvalue weighted by molar-refractivity contribution is 0.0963. The topological polar surface area (TPSA) is 66.9 Å². The van der Waals surface area contributed by atoms with E-state index in [1.807, 2.05) is 0 Å². The fourth-order valence-corrected chi connectivity index (χ4v) is 1.81. The van der Waals surface area contributed by atoms with Crippen LogP contribution in [0.1, 0.15) is 10.4 Å². The van der Waals surface area contributed by atoms with Crippen molar-refractivity contribution in [1.82, 2.24) is 15.3 Å². The molecular formula is C12H8Cl2F2N4O. The van der Waals surface area contributed by atoms with Crippen molar-refractivity contribution in [2.75, 3.05) is 12.4 Å². The minimum absolute atomic E-state index is 0.00934. The first-order valence-corrected chi connectivity index (χ1v) is 6.34. The number of halogens is 4. The number of nitrogens with one attached hydrogen (secondary N) is 2. The minimum atomic E-state index is -1.15. The molecule has 0 spiro atoms. The molecule has 0 fully saturated rings. The Hall–Kier alpha value is -1.99. The van der Waals surface area contributed by atoms with Crippen molar-refractivity contribution in [3.63, 3.8) is 0 Å². The predicted octanol–water partition coefficient (Wildman–Crippen LogP) is 3.16. The van der Waals surface area contributed by atoms with Gasteiger partial charge in [-0.3, -0.25) is 4.79 Å². The van der Waals surface area contributed by atoms with Gasteiger partial charge in [-0.1, -0.05) is 11.6 Å². The summed E-state index contributed by atoms with van der Waals surface area (Å²) in [5, 5.41) is 4.96. The second-order valence-electron chi connectivity index (χ2n) is 3.85. The van der Waals surface area contributed by atoms with Gasteiger partial charge in [0, 0.05) is 13.1 Å². The summed E-state index contributed by atoms with van der Waals surface area (Å²) in [5.41, 5.74) is -0.118. The van der Waals surface area contributed by atoms with E-state index in [2.05, 4.69) is 20.6 Å². The van der Waals surface area contributed by atoms with Crippen LogP contribution in [0.4, 0.5) is 20.3 Å². The van der Waals surface area contributed by atoms with Crippen molar-refractivity contribution in [3.8, 4) is 0 Å². The summed E-state index contributed by atoms with van der Waals surface area (Å²) < 4.78 is 26.7. The predicted molar refractivity (Wildman–Crippen MR) is 75.1 cm³/mol. The maximum absolute atomic E-state index is 13.4. The van der Waals surface area contributed by atoms with Crippen LogP contribution in [-0.4, -0.2) is 22.9 Å². The first kappa shape index (κ1) is 15.4. The standard InChI is InChI=1S/C12H8Cl2F2N4O/c1-17-11(21)5-2-7(15)8(16)3-9(5)19-10-6(13)4-18-12(14)20-10/h2-4H,1H3,(H,17,21)(H,18,19,20). The first-order valence-electron chi connectivity index (χ1n) is 5.58. The van der Waals surface area contributed by atoms with Gasteiger partial charge in [0.1, 0.15) is 5.02 Å². The second kappa shape index (κ2) is 6.19. The molecule has 110 valence electrons. The maximum Gasteiger partial charge on any atom is 0.253 e. The van der Waals surface area contributed by atoms with E-state index >= 15 is 0 Å². The molecule has 9 heteroatoms. The highest BCUT2D eigenvalue weighted by Gasteiger charge is 2.17. The largest absolute Gasteiger partial charge is 0.355 e. The van der Waals surface area contributed by atoms with E-state index in [0.717, 1.165) is 12.1 Å². The van der Waals surface area contributed by atoms with Gasteiger partial charge in [0.15, 0.2) is 17.5 Å². The number of anilines is 2. The Labute approximate surface area is 128 Å². The Bertz CT molecular complexity index is 712. The number of carbonyl (C=O) groups excluding carboxylic acids is 1. The lowest BCUT2D eigenvalue weighted by Gasteiger charge is -2.12. The third-order valence-corrected chi connectivity index (χ3v) is 2.96. The van der Waals surface area contributed by atoms with Crippen molar-refractivity contribution >= 4 is 40.6 Å². The molecular weight excluding hydrogens is 325 g/mol. The molecule has 1 aromatic heterocycles. The van der Waals surface area contributed by atoms with Gasteiger partial charge in [-0.05, 0) is 17.7 Å². The molecule has 1 heterocycles. The molecule has 0 aliphatic rings. The summed E-state index contributed by atoms with van der Waals surface area (Å²) in [6.45, 7) is 0. The lowest BCUT2D eigenvalue weighted by Crippen LogP contribution is -2.20.